The van der Waals surface area contributed by atoms with Crippen LogP contribution in [0.4, 0.5) is 11.4 Å². The largest absolute Gasteiger partial charge is 0.419 e. The zero-order valence-electron chi connectivity index (χ0n) is 18.6. The number of non-ortho nitro benzene ring substituents is 1. The standard InChI is InChI=1S/C23H24N4O7/c1-15-17(22(29)25-10-12-33-13-11-25)4-2-5-18(15)24-21(28)6-3-9-26-19-8-7-16(27(31)32)14-20(19)34-23(26)30/h2,4-5,7-8,14H,3,6,9-13H2,1H3,(H,24,28). The molecule has 0 radical (unpaired) electrons. The van der Waals surface area contributed by atoms with Crippen molar-refractivity contribution in [2.24, 2.45) is 0 Å². The molecule has 1 fully saturated rings. The van der Waals surface area contributed by atoms with E-state index in [1.54, 1.807) is 30.0 Å². The van der Waals surface area contributed by atoms with Crippen LogP contribution in [0.25, 0.3) is 11.1 Å². The van der Waals surface area contributed by atoms with Crippen LogP contribution in [0.15, 0.2) is 45.6 Å². The van der Waals surface area contributed by atoms with Crippen molar-refractivity contribution in [3.05, 3.63) is 68.2 Å². The molecule has 11 heteroatoms. The van der Waals surface area contributed by atoms with Gasteiger partial charge in [-0.05, 0) is 37.1 Å². The number of aryl methyl sites for hydroxylation is 1. The number of aromatic nitrogens is 1. The first-order valence-electron chi connectivity index (χ1n) is 10.9. The molecule has 0 spiro atoms. The van der Waals surface area contributed by atoms with Crippen molar-refractivity contribution in [3.63, 3.8) is 0 Å². The quantitative estimate of drug-likeness (QED) is 0.416. The Hall–Kier alpha value is -3.99. The van der Waals surface area contributed by atoms with Crippen LogP contribution in [0.2, 0.25) is 0 Å². The smallest absolute Gasteiger partial charge is 0.407 e. The molecule has 2 heterocycles. The second-order valence-corrected chi connectivity index (χ2v) is 7.96. The van der Waals surface area contributed by atoms with Gasteiger partial charge >= 0.3 is 5.76 Å². The number of amides is 2. The van der Waals surface area contributed by atoms with Crippen LogP contribution in [-0.4, -0.2) is 52.5 Å². The fourth-order valence-corrected chi connectivity index (χ4v) is 3.93. The monoisotopic (exact) mass is 468 g/mol. The molecule has 3 aromatic rings. The molecule has 34 heavy (non-hydrogen) atoms. The molecule has 4 rings (SSSR count). The summed E-state index contributed by atoms with van der Waals surface area (Å²) in [5.41, 5.74) is 2.17. The van der Waals surface area contributed by atoms with Gasteiger partial charge in [0, 0.05) is 43.4 Å². The Labute approximate surface area is 194 Å². The third kappa shape index (κ3) is 4.84. The van der Waals surface area contributed by atoms with Gasteiger partial charge in [0.1, 0.15) is 0 Å². The number of benzene rings is 2. The SMILES string of the molecule is Cc1c(NC(=O)CCCn2c(=O)oc3cc([N+](=O)[O-])ccc32)cccc1C(=O)N1CCOCC1. The first-order chi connectivity index (χ1) is 16.3. The van der Waals surface area contributed by atoms with Crippen molar-refractivity contribution < 1.29 is 23.7 Å². The summed E-state index contributed by atoms with van der Waals surface area (Å²) in [7, 11) is 0. The van der Waals surface area contributed by atoms with Gasteiger partial charge in [-0.3, -0.25) is 24.3 Å². The number of carbonyl (C=O) groups is 2. The van der Waals surface area contributed by atoms with Gasteiger partial charge in [-0.1, -0.05) is 6.07 Å². The molecule has 2 aromatic carbocycles. The number of nitrogens with zero attached hydrogens (tertiary/aromatic N) is 3. The van der Waals surface area contributed by atoms with Crippen LogP contribution in [-0.2, 0) is 16.1 Å². The molecule has 1 aliphatic heterocycles. The zero-order chi connectivity index (χ0) is 24.2. The molecule has 0 atom stereocenters. The maximum Gasteiger partial charge on any atom is 0.419 e. The number of carbonyl (C=O) groups excluding carboxylic acids is 2. The Morgan fingerprint density at radius 2 is 1.94 bits per heavy atom. The molecular weight excluding hydrogens is 444 g/mol. The number of hydrogen-bond acceptors (Lipinski definition) is 7. The van der Waals surface area contributed by atoms with Crippen molar-refractivity contribution in [3.8, 4) is 0 Å². The van der Waals surface area contributed by atoms with Crippen LogP contribution < -0.4 is 11.1 Å². The third-order valence-corrected chi connectivity index (χ3v) is 5.78. The number of oxazole rings is 1. The van der Waals surface area contributed by atoms with Crippen LogP contribution in [0.5, 0.6) is 0 Å². The molecule has 11 nitrogen and oxygen atoms in total. The maximum absolute atomic E-state index is 12.8. The van der Waals surface area contributed by atoms with Gasteiger partial charge in [0.25, 0.3) is 11.6 Å². The van der Waals surface area contributed by atoms with Gasteiger partial charge in [0.2, 0.25) is 5.91 Å². The Balaban J connectivity index is 1.38. The fourth-order valence-electron chi connectivity index (χ4n) is 3.93. The van der Waals surface area contributed by atoms with E-state index in [0.717, 1.165) is 0 Å². The molecule has 1 N–H and O–H groups in total. The summed E-state index contributed by atoms with van der Waals surface area (Å²) in [5.74, 6) is -0.986. The summed E-state index contributed by atoms with van der Waals surface area (Å²) in [6.45, 7) is 4.08. The van der Waals surface area contributed by atoms with E-state index in [2.05, 4.69) is 5.32 Å². The number of morpholine rings is 1. The number of ether oxygens (including phenoxy) is 1. The number of nitro benzene ring substituents is 1. The van der Waals surface area contributed by atoms with Crippen molar-refractivity contribution in [2.75, 3.05) is 31.6 Å². The van der Waals surface area contributed by atoms with Crippen LogP contribution in [0.1, 0.15) is 28.8 Å². The predicted molar refractivity (Wildman–Crippen MR) is 123 cm³/mol. The van der Waals surface area contributed by atoms with Gasteiger partial charge in [-0.25, -0.2) is 4.79 Å². The van der Waals surface area contributed by atoms with Gasteiger partial charge in [0.05, 0.1) is 29.7 Å². The summed E-state index contributed by atoms with van der Waals surface area (Å²) >= 11 is 0. The van der Waals surface area contributed by atoms with Crippen molar-refractivity contribution >= 4 is 34.3 Å². The van der Waals surface area contributed by atoms with Crippen LogP contribution in [0.3, 0.4) is 0 Å². The highest BCUT2D eigenvalue weighted by atomic mass is 16.6. The minimum Gasteiger partial charge on any atom is -0.407 e. The third-order valence-electron chi connectivity index (χ3n) is 5.78. The highest BCUT2D eigenvalue weighted by Gasteiger charge is 2.21. The number of anilines is 1. The lowest BCUT2D eigenvalue weighted by molar-refractivity contribution is -0.384. The molecule has 1 saturated heterocycles. The molecule has 178 valence electrons. The summed E-state index contributed by atoms with van der Waals surface area (Å²) < 4.78 is 11.7. The average Bonchev–Trinajstić information content (AvgIpc) is 3.14. The lowest BCUT2D eigenvalue weighted by Crippen LogP contribution is -2.41. The number of nitro groups is 1. The fraction of sp³-hybridized carbons (Fsp3) is 0.348. The maximum atomic E-state index is 12.8. The van der Waals surface area contributed by atoms with Crippen molar-refractivity contribution in [1.82, 2.24) is 9.47 Å². The summed E-state index contributed by atoms with van der Waals surface area (Å²) in [6.07, 6.45) is 0.482. The van der Waals surface area contributed by atoms with E-state index in [-0.39, 0.29) is 36.1 Å². The summed E-state index contributed by atoms with van der Waals surface area (Å²) in [6, 6.07) is 9.17. The van der Waals surface area contributed by atoms with E-state index in [0.29, 0.717) is 55.1 Å². The Bertz CT molecular complexity index is 1300. The molecule has 1 aliphatic rings. The molecular formula is C23H24N4O7. The normalized spacial score (nSPS) is 13.7. The first-order valence-corrected chi connectivity index (χ1v) is 10.9. The summed E-state index contributed by atoms with van der Waals surface area (Å²) in [5, 5.41) is 13.7. The van der Waals surface area contributed by atoms with E-state index in [1.165, 1.54) is 22.8 Å². The molecule has 0 bridgehead atoms. The van der Waals surface area contributed by atoms with Crippen LogP contribution in [0, 0.1) is 17.0 Å². The van der Waals surface area contributed by atoms with E-state index >= 15 is 0 Å². The second kappa shape index (κ2) is 9.87. The van der Waals surface area contributed by atoms with Gasteiger partial charge in [-0.15, -0.1) is 0 Å². The van der Waals surface area contributed by atoms with Crippen LogP contribution >= 0.6 is 0 Å². The first kappa shape index (κ1) is 23.2. The lowest BCUT2D eigenvalue weighted by Gasteiger charge is -2.27. The Morgan fingerprint density at radius 3 is 2.68 bits per heavy atom. The van der Waals surface area contributed by atoms with Crippen molar-refractivity contribution in [2.45, 2.75) is 26.3 Å². The molecule has 0 unspecified atom stereocenters. The predicted octanol–water partition coefficient (Wildman–Crippen LogP) is 2.70. The molecule has 1 aromatic heterocycles. The highest BCUT2D eigenvalue weighted by molar-refractivity contribution is 5.99. The van der Waals surface area contributed by atoms with E-state index in [1.807, 2.05) is 0 Å². The molecule has 0 saturated carbocycles. The number of rotatable bonds is 7. The topological polar surface area (TPSA) is 137 Å². The second-order valence-electron chi connectivity index (χ2n) is 7.96. The van der Waals surface area contributed by atoms with E-state index < -0.39 is 10.7 Å². The van der Waals surface area contributed by atoms with E-state index in [9.17, 15) is 24.5 Å². The lowest BCUT2D eigenvalue weighted by atomic mass is 10.0. The van der Waals surface area contributed by atoms with Gasteiger partial charge in [-0.2, -0.15) is 0 Å². The van der Waals surface area contributed by atoms with Gasteiger partial charge < -0.3 is 19.4 Å². The minimum absolute atomic E-state index is 0.0941. The number of fused-ring (bicyclic) bond motifs is 1. The van der Waals surface area contributed by atoms with Crippen molar-refractivity contribution in [1.29, 1.82) is 0 Å². The molecule has 2 amide bonds. The number of nitrogens with one attached hydrogen (secondary N) is 1. The van der Waals surface area contributed by atoms with Gasteiger partial charge in [0.15, 0.2) is 5.58 Å². The molecule has 0 aliphatic carbocycles. The average molecular weight is 468 g/mol. The zero-order valence-corrected chi connectivity index (χ0v) is 18.6. The summed E-state index contributed by atoms with van der Waals surface area (Å²) in [4.78, 5) is 49.6. The Kier molecular flexibility index (Phi) is 6.73. The van der Waals surface area contributed by atoms with E-state index in [4.69, 9.17) is 9.15 Å². The highest BCUT2D eigenvalue weighted by Crippen LogP contribution is 2.22. The number of hydrogen-bond donors (Lipinski definition) is 1. The minimum atomic E-state index is -0.638. The Morgan fingerprint density at radius 1 is 1.18 bits per heavy atom.